The van der Waals surface area contributed by atoms with E-state index in [9.17, 15) is 4.79 Å². The Hall–Kier alpha value is -1.11. The summed E-state index contributed by atoms with van der Waals surface area (Å²) >= 11 is 0. The molecule has 0 aliphatic carbocycles. The zero-order valence-electron chi connectivity index (χ0n) is 6.21. The van der Waals surface area contributed by atoms with Crippen molar-refractivity contribution in [3.63, 3.8) is 0 Å². The maximum atomic E-state index is 9.94. The first-order valence-electron chi connectivity index (χ1n) is 3.22. The highest BCUT2D eigenvalue weighted by Gasteiger charge is 1.82. The van der Waals surface area contributed by atoms with Gasteiger partial charge in [0, 0.05) is 6.42 Å². The molecule has 0 aromatic carbocycles. The van der Waals surface area contributed by atoms with Crippen LogP contribution in [0.4, 0.5) is 0 Å². The van der Waals surface area contributed by atoms with Gasteiger partial charge in [-0.25, -0.2) is 0 Å². The summed E-state index contributed by atoms with van der Waals surface area (Å²) in [7, 11) is 0. The van der Waals surface area contributed by atoms with Crippen LogP contribution in [0.3, 0.4) is 0 Å². The molecule has 0 fully saturated rings. The summed E-state index contributed by atoms with van der Waals surface area (Å²) in [5.41, 5.74) is 0.841. The highest BCUT2D eigenvalue weighted by Crippen LogP contribution is 1.96. The van der Waals surface area contributed by atoms with Crippen LogP contribution in [0, 0.1) is 0 Å². The number of allylic oxidation sites excluding steroid dienone is 5. The van der Waals surface area contributed by atoms with Gasteiger partial charge in [-0.3, -0.25) is 0 Å². The molecule has 0 heterocycles. The fraction of sp³-hybridized carbons (Fsp3) is 0.222. The molecule has 0 bridgehead atoms. The van der Waals surface area contributed by atoms with Crippen molar-refractivity contribution in [1.82, 2.24) is 0 Å². The lowest BCUT2D eigenvalue weighted by atomic mass is 10.2. The van der Waals surface area contributed by atoms with Gasteiger partial charge in [-0.05, 0) is 12.5 Å². The third-order valence-electron chi connectivity index (χ3n) is 0.981. The molecule has 0 spiro atoms. The van der Waals surface area contributed by atoms with Crippen molar-refractivity contribution >= 4 is 6.29 Å². The molecule has 1 heteroatoms. The summed E-state index contributed by atoms with van der Waals surface area (Å²) in [6.07, 6.45) is 8.79. The van der Waals surface area contributed by atoms with E-state index in [4.69, 9.17) is 0 Å². The molecule has 0 aliphatic rings. The van der Waals surface area contributed by atoms with Crippen LogP contribution in [0.5, 0.6) is 0 Å². The summed E-state index contributed by atoms with van der Waals surface area (Å²) < 4.78 is 0. The lowest BCUT2D eigenvalue weighted by Gasteiger charge is -1.86. The predicted octanol–water partition coefficient (Wildman–Crippen LogP) is 2.26. The first kappa shape index (κ1) is 8.89. The maximum Gasteiger partial charge on any atom is 0.124 e. The molecule has 0 radical (unpaired) electrons. The second kappa shape index (κ2) is 6.02. The Morgan fingerprint density at radius 1 is 1.50 bits per heavy atom. The second-order valence-corrected chi connectivity index (χ2v) is 1.91. The molecule has 0 unspecified atom stereocenters. The van der Waals surface area contributed by atoms with Crippen molar-refractivity contribution < 1.29 is 4.79 Å². The topological polar surface area (TPSA) is 17.1 Å². The van der Waals surface area contributed by atoms with Crippen LogP contribution >= 0.6 is 0 Å². The van der Waals surface area contributed by atoms with Gasteiger partial charge >= 0.3 is 0 Å². The molecule has 0 amide bonds. The van der Waals surface area contributed by atoms with Crippen molar-refractivity contribution in [2.45, 2.75) is 13.3 Å². The molecular weight excluding hydrogens is 124 g/mol. The molecule has 54 valence electrons. The van der Waals surface area contributed by atoms with Gasteiger partial charge in [-0.2, -0.15) is 0 Å². The fourth-order valence-corrected chi connectivity index (χ4v) is 0.478. The van der Waals surface area contributed by atoms with Crippen LogP contribution in [0.15, 0.2) is 36.5 Å². The Bertz CT molecular complexity index is 164. The average molecular weight is 136 g/mol. The summed E-state index contributed by atoms with van der Waals surface area (Å²) in [5, 5.41) is 0. The van der Waals surface area contributed by atoms with Crippen LogP contribution < -0.4 is 0 Å². The highest BCUT2D eigenvalue weighted by molar-refractivity contribution is 5.55. The SMILES string of the molecule is C=C(/C=C/C=C/C)CC=O. The minimum Gasteiger partial charge on any atom is -0.303 e. The van der Waals surface area contributed by atoms with E-state index in [1.54, 1.807) is 0 Å². The van der Waals surface area contributed by atoms with E-state index in [1.807, 2.05) is 31.2 Å². The number of rotatable bonds is 4. The van der Waals surface area contributed by atoms with E-state index in [1.165, 1.54) is 0 Å². The van der Waals surface area contributed by atoms with Gasteiger partial charge in [0.2, 0.25) is 0 Å². The molecule has 1 nitrogen and oxygen atoms in total. The summed E-state index contributed by atoms with van der Waals surface area (Å²) in [6, 6.07) is 0. The van der Waals surface area contributed by atoms with E-state index < -0.39 is 0 Å². The van der Waals surface area contributed by atoms with Crippen LogP contribution in [0.1, 0.15) is 13.3 Å². The van der Waals surface area contributed by atoms with E-state index in [2.05, 4.69) is 6.58 Å². The van der Waals surface area contributed by atoms with Gasteiger partial charge < -0.3 is 4.79 Å². The van der Waals surface area contributed by atoms with E-state index in [0.717, 1.165) is 11.9 Å². The third-order valence-corrected chi connectivity index (χ3v) is 0.981. The minimum atomic E-state index is 0.425. The van der Waals surface area contributed by atoms with Crippen LogP contribution in [-0.2, 0) is 4.79 Å². The molecular formula is C9H12O. The number of aldehydes is 1. The highest BCUT2D eigenvalue weighted by atomic mass is 16.1. The average Bonchev–Trinajstić information content (AvgIpc) is 1.89. The molecule has 0 N–H and O–H groups in total. The summed E-state index contributed by atoms with van der Waals surface area (Å²) in [4.78, 5) is 9.94. The van der Waals surface area contributed by atoms with Crippen LogP contribution in [0.25, 0.3) is 0 Å². The fourth-order valence-electron chi connectivity index (χ4n) is 0.478. The standard InChI is InChI=1S/C9H12O/c1-3-4-5-6-9(2)7-8-10/h3-6,8H,2,7H2,1H3/b4-3+,6-5+. The second-order valence-electron chi connectivity index (χ2n) is 1.91. The monoisotopic (exact) mass is 136 g/mol. The molecule has 10 heavy (non-hydrogen) atoms. The Balaban J connectivity index is 3.66. The maximum absolute atomic E-state index is 9.94. The Kier molecular flexibility index (Phi) is 5.35. The van der Waals surface area contributed by atoms with Crippen molar-refractivity contribution in [2.24, 2.45) is 0 Å². The molecule has 0 saturated carbocycles. The molecule has 0 atom stereocenters. The van der Waals surface area contributed by atoms with Crippen molar-refractivity contribution in [3.8, 4) is 0 Å². The molecule has 0 aliphatic heterocycles. The Morgan fingerprint density at radius 2 is 2.20 bits per heavy atom. The molecule has 0 aromatic rings. The smallest absolute Gasteiger partial charge is 0.124 e. The van der Waals surface area contributed by atoms with Gasteiger partial charge in [0.25, 0.3) is 0 Å². The lowest BCUT2D eigenvalue weighted by molar-refractivity contribution is -0.107. The minimum absolute atomic E-state index is 0.425. The lowest BCUT2D eigenvalue weighted by Crippen LogP contribution is -1.75. The summed E-state index contributed by atoms with van der Waals surface area (Å²) in [6.45, 7) is 5.60. The first-order valence-corrected chi connectivity index (χ1v) is 3.22. The van der Waals surface area contributed by atoms with E-state index in [0.29, 0.717) is 6.42 Å². The predicted molar refractivity (Wildman–Crippen MR) is 43.8 cm³/mol. The van der Waals surface area contributed by atoms with Crippen molar-refractivity contribution in [2.75, 3.05) is 0 Å². The van der Waals surface area contributed by atoms with Gasteiger partial charge in [0.1, 0.15) is 6.29 Å². The van der Waals surface area contributed by atoms with Gasteiger partial charge in [-0.15, -0.1) is 0 Å². The zero-order chi connectivity index (χ0) is 7.82. The van der Waals surface area contributed by atoms with E-state index in [-0.39, 0.29) is 0 Å². The molecule has 0 rings (SSSR count). The van der Waals surface area contributed by atoms with E-state index >= 15 is 0 Å². The normalized spacial score (nSPS) is 10.9. The molecule has 0 aromatic heterocycles. The molecule has 0 saturated heterocycles. The Labute approximate surface area is 61.8 Å². The largest absolute Gasteiger partial charge is 0.303 e. The summed E-state index contributed by atoms with van der Waals surface area (Å²) in [5.74, 6) is 0. The van der Waals surface area contributed by atoms with Crippen LogP contribution in [-0.4, -0.2) is 6.29 Å². The van der Waals surface area contributed by atoms with Gasteiger partial charge in [0.15, 0.2) is 0 Å². The third kappa shape index (κ3) is 5.04. The number of carbonyl (C=O) groups excluding carboxylic acids is 1. The van der Waals surface area contributed by atoms with Crippen LogP contribution in [0.2, 0.25) is 0 Å². The number of carbonyl (C=O) groups is 1. The van der Waals surface area contributed by atoms with Crippen molar-refractivity contribution in [3.05, 3.63) is 36.5 Å². The van der Waals surface area contributed by atoms with Crippen molar-refractivity contribution in [1.29, 1.82) is 0 Å². The number of hydrogen-bond donors (Lipinski definition) is 0. The quantitative estimate of drug-likeness (QED) is 0.428. The number of hydrogen-bond acceptors (Lipinski definition) is 1. The van der Waals surface area contributed by atoms with Gasteiger partial charge in [-0.1, -0.05) is 30.9 Å². The Morgan fingerprint density at radius 3 is 2.70 bits per heavy atom. The van der Waals surface area contributed by atoms with Gasteiger partial charge in [0.05, 0.1) is 0 Å². The zero-order valence-corrected chi connectivity index (χ0v) is 6.21. The first-order chi connectivity index (χ1) is 4.81.